The van der Waals surface area contributed by atoms with Crippen LogP contribution in [-0.4, -0.2) is 27.4 Å². The maximum Gasteiger partial charge on any atom is 0.422 e. The SMILES string of the molecule is FC(F)(F)COc1cc(Cl)cn2nc(Br)nc12. The van der Waals surface area contributed by atoms with Gasteiger partial charge in [0.05, 0.1) is 5.02 Å². The predicted molar refractivity (Wildman–Crippen MR) is 57.2 cm³/mol. The lowest BCUT2D eigenvalue weighted by molar-refractivity contribution is -0.153. The number of hydrogen-bond donors (Lipinski definition) is 0. The molecule has 2 aromatic heterocycles. The van der Waals surface area contributed by atoms with Crippen LogP contribution in [0.25, 0.3) is 5.65 Å². The summed E-state index contributed by atoms with van der Waals surface area (Å²) in [5.41, 5.74) is 0.158. The Morgan fingerprint density at radius 1 is 1.47 bits per heavy atom. The van der Waals surface area contributed by atoms with Crippen LogP contribution in [0.5, 0.6) is 5.75 Å². The molecule has 0 saturated heterocycles. The summed E-state index contributed by atoms with van der Waals surface area (Å²) in [5.74, 6) is -0.0759. The normalized spacial score (nSPS) is 12.1. The minimum atomic E-state index is -4.42. The van der Waals surface area contributed by atoms with Gasteiger partial charge in [-0.25, -0.2) is 4.52 Å². The first-order valence-corrected chi connectivity index (χ1v) is 5.43. The molecule has 0 aromatic carbocycles. The Bertz CT molecular complexity index is 557. The Kier molecular flexibility index (Phi) is 3.17. The Morgan fingerprint density at radius 2 is 2.18 bits per heavy atom. The molecule has 0 bridgehead atoms. The lowest BCUT2D eigenvalue weighted by Crippen LogP contribution is -2.19. The second kappa shape index (κ2) is 4.34. The monoisotopic (exact) mass is 329 g/mol. The molecule has 92 valence electrons. The van der Waals surface area contributed by atoms with Gasteiger partial charge in [0.2, 0.25) is 4.73 Å². The van der Waals surface area contributed by atoms with Crippen molar-refractivity contribution in [2.75, 3.05) is 6.61 Å². The fourth-order valence-electron chi connectivity index (χ4n) is 1.16. The minimum absolute atomic E-state index is 0.0759. The zero-order valence-corrected chi connectivity index (χ0v) is 10.3. The highest BCUT2D eigenvalue weighted by molar-refractivity contribution is 9.10. The molecule has 17 heavy (non-hydrogen) atoms. The number of alkyl halides is 3. The van der Waals surface area contributed by atoms with Gasteiger partial charge in [0.15, 0.2) is 18.0 Å². The van der Waals surface area contributed by atoms with Gasteiger partial charge in [-0.2, -0.15) is 18.2 Å². The van der Waals surface area contributed by atoms with Gasteiger partial charge in [-0.05, 0) is 15.9 Å². The largest absolute Gasteiger partial charge is 0.480 e. The standard InChI is InChI=1S/C8H4BrClF3N3O/c9-7-14-6-5(17-3-8(11,12)13)1-4(10)2-16(6)15-7/h1-2H,3H2. The Labute approximate surface area is 106 Å². The lowest BCUT2D eigenvalue weighted by atomic mass is 10.4. The maximum atomic E-state index is 12.0. The summed E-state index contributed by atoms with van der Waals surface area (Å²) < 4.78 is 42.2. The van der Waals surface area contributed by atoms with Crippen molar-refractivity contribution in [2.45, 2.75) is 6.18 Å². The maximum absolute atomic E-state index is 12.0. The minimum Gasteiger partial charge on any atom is -0.480 e. The van der Waals surface area contributed by atoms with E-state index >= 15 is 0 Å². The van der Waals surface area contributed by atoms with Gasteiger partial charge in [-0.15, -0.1) is 5.10 Å². The first-order chi connectivity index (χ1) is 7.85. The lowest BCUT2D eigenvalue weighted by Gasteiger charge is -2.09. The van der Waals surface area contributed by atoms with Gasteiger partial charge >= 0.3 is 6.18 Å². The van der Waals surface area contributed by atoms with Crippen molar-refractivity contribution in [3.05, 3.63) is 22.0 Å². The van der Waals surface area contributed by atoms with E-state index in [2.05, 4.69) is 30.7 Å². The van der Waals surface area contributed by atoms with Crippen molar-refractivity contribution in [3.8, 4) is 5.75 Å². The molecule has 0 fully saturated rings. The van der Waals surface area contributed by atoms with E-state index in [-0.39, 0.29) is 21.2 Å². The van der Waals surface area contributed by atoms with Crippen LogP contribution < -0.4 is 4.74 Å². The average molecular weight is 330 g/mol. The molecule has 9 heteroatoms. The number of ether oxygens (including phenoxy) is 1. The van der Waals surface area contributed by atoms with Gasteiger partial charge in [0.25, 0.3) is 0 Å². The van der Waals surface area contributed by atoms with Crippen LogP contribution in [0.4, 0.5) is 13.2 Å². The summed E-state index contributed by atoms with van der Waals surface area (Å²) in [6.07, 6.45) is -3.01. The number of fused-ring (bicyclic) bond motifs is 1. The van der Waals surface area contributed by atoms with E-state index in [1.165, 1.54) is 16.8 Å². The van der Waals surface area contributed by atoms with Gasteiger partial charge in [0.1, 0.15) is 0 Å². The zero-order valence-electron chi connectivity index (χ0n) is 8.00. The van der Waals surface area contributed by atoms with E-state index in [9.17, 15) is 13.2 Å². The number of rotatable bonds is 2. The van der Waals surface area contributed by atoms with E-state index in [0.717, 1.165) is 0 Å². The van der Waals surface area contributed by atoms with E-state index in [0.29, 0.717) is 0 Å². The van der Waals surface area contributed by atoms with E-state index in [1.54, 1.807) is 0 Å². The highest BCUT2D eigenvalue weighted by Crippen LogP contribution is 2.26. The number of aromatic nitrogens is 3. The molecule has 2 rings (SSSR count). The number of hydrogen-bond acceptors (Lipinski definition) is 3. The van der Waals surface area contributed by atoms with E-state index < -0.39 is 12.8 Å². The Balaban J connectivity index is 2.38. The summed E-state index contributed by atoms with van der Waals surface area (Å²) in [5, 5.41) is 4.06. The van der Waals surface area contributed by atoms with Crippen molar-refractivity contribution in [1.29, 1.82) is 0 Å². The molecule has 0 aliphatic carbocycles. The van der Waals surface area contributed by atoms with Gasteiger partial charge in [-0.1, -0.05) is 11.6 Å². The van der Waals surface area contributed by atoms with Crippen molar-refractivity contribution in [3.63, 3.8) is 0 Å². The van der Waals surface area contributed by atoms with E-state index in [1.807, 2.05) is 0 Å². The van der Waals surface area contributed by atoms with Crippen molar-refractivity contribution in [2.24, 2.45) is 0 Å². The quantitative estimate of drug-likeness (QED) is 0.849. The average Bonchev–Trinajstić information content (AvgIpc) is 2.53. The second-order valence-electron chi connectivity index (χ2n) is 3.08. The van der Waals surface area contributed by atoms with Crippen LogP contribution in [0.2, 0.25) is 5.02 Å². The van der Waals surface area contributed by atoms with Gasteiger partial charge in [-0.3, -0.25) is 0 Å². The number of nitrogens with zero attached hydrogens (tertiary/aromatic N) is 3. The molecule has 0 spiro atoms. The van der Waals surface area contributed by atoms with Crippen LogP contribution in [0.3, 0.4) is 0 Å². The topological polar surface area (TPSA) is 39.4 Å². The fourth-order valence-corrected chi connectivity index (χ4v) is 1.70. The third-order valence-corrected chi connectivity index (χ3v) is 2.27. The van der Waals surface area contributed by atoms with Gasteiger partial charge in [0, 0.05) is 12.3 Å². The molecule has 0 amide bonds. The molecule has 0 atom stereocenters. The van der Waals surface area contributed by atoms with Crippen molar-refractivity contribution < 1.29 is 17.9 Å². The molecule has 0 N–H and O–H groups in total. The summed E-state index contributed by atoms with van der Waals surface area (Å²) in [6.45, 7) is -1.41. The number of pyridine rings is 1. The van der Waals surface area contributed by atoms with Crippen LogP contribution in [0, 0.1) is 0 Å². The molecule has 0 saturated carbocycles. The first-order valence-electron chi connectivity index (χ1n) is 4.26. The molecule has 2 heterocycles. The molecule has 0 radical (unpaired) electrons. The summed E-state index contributed by atoms with van der Waals surface area (Å²) >= 11 is 8.73. The second-order valence-corrected chi connectivity index (χ2v) is 4.22. The van der Waals surface area contributed by atoms with Gasteiger partial charge < -0.3 is 4.74 Å². The molecule has 2 aromatic rings. The third kappa shape index (κ3) is 3.01. The molecule has 0 unspecified atom stereocenters. The van der Waals surface area contributed by atoms with E-state index in [4.69, 9.17) is 11.6 Å². The molecule has 4 nitrogen and oxygen atoms in total. The molecule has 0 aliphatic rings. The summed E-state index contributed by atoms with van der Waals surface area (Å²) in [6, 6.07) is 1.25. The van der Waals surface area contributed by atoms with Crippen LogP contribution in [0.1, 0.15) is 0 Å². The van der Waals surface area contributed by atoms with Crippen LogP contribution >= 0.6 is 27.5 Å². The summed E-state index contributed by atoms with van der Waals surface area (Å²) in [4.78, 5) is 3.87. The molecular formula is C8H4BrClF3N3O. The zero-order chi connectivity index (χ0) is 12.6. The van der Waals surface area contributed by atoms with Crippen LogP contribution in [0.15, 0.2) is 17.0 Å². The molecular weight excluding hydrogens is 326 g/mol. The highest BCUT2D eigenvalue weighted by Gasteiger charge is 2.29. The highest BCUT2D eigenvalue weighted by atomic mass is 79.9. The Hall–Kier alpha value is -1.02. The number of halogens is 5. The molecule has 0 aliphatic heterocycles. The fraction of sp³-hybridized carbons (Fsp3) is 0.250. The Morgan fingerprint density at radius 3 is 2.82 bits per heavy atom. The smallest absolute Gasteiger partial charge is 0.422 e. The first kappa shape index (κ1) is 12.4. The summed E-state index contributed by atoms with van der Waals surface area (Å²) in [7, 11) is 0. The predicted octanol–water partition coefficient (Wildman–Crippen LogP) is 3.09. The third-order valence-electron chi connectivity index (χ3n) is 1.73. The van der Waals surface area contributed by atoms with Crippen molar-refractivity contribution >= 4 is 33.2 Å². The van der Waals surface area contributed by atoms with Crippen molar-refractivity contribution in [1.82, 2.24) is 14.6 Å². The van der Waals surface area contributed by atoms with Crippen LogP contribution in [-0.2, 0) is 0 Å².